The van der Waals surface area contributed by atoms with Gasteiger partial charge < -0.3 is 14.8 Å². The largest absolute Gasteiger partial charge is 0.462 e. The lowest BCUT2D eigenvalue weighted by atomic mass is 9.80. The molecule has 0 spiro atoms. The third kappa shape index (κ3) is 3.58. The summed E-state index contributed by atoms with van der Waals surface area (Å²) in [4.78, 5) is 0. The zero-order chi connectivity index (χ0) is 12.3. The molecule has 1 aliphatic rings. The minimum atomic E-state index is -0.0164. The van der Waals surface area contributed by atoms with E-state index in [4.69, 9.17) is 9.52 Å². The molecule has 0 amide bonds. The van der Waals surface area contributed by atoms with Gasteiger partial charge in [-0.05, 0) is 43.2 Å². The summed E-state index contributed by atoms with van der Waals surface area (Å²) in [5, 5.41) is 12.5. The Labute approximate surface area is 103 Å². The highest BCUT2D eigenvalue weighted by Gasteiger charge is 2.23. The Hall–Kier alpha value is -0.800. The Bertz CT molecular complexity index is 338. The minimum absolute atomic E-state index is 0.0164. The van der Waals surface area contributed by atoms with Crippen LogP contribution in [0.5, 0.6) is 0 Å². The van der Waals surface area contributed by atoms with Crippen LogP contribution in [-0.4, -0.2) is 11.1 Å². The van der Waals surface area contributed by atoms with Gasteiger partial charge in [-0.3, -0.25) is 0 Å². The summed E-state index contributed by atoms with van der Waals surface area (Å²) in [7, 11) is 0. The molecule has 1 saturated carbocycles. The van der Waals surface area contributed by atoms with Crippen molar-refractivity contribution in [2.75, 3.05) is 0 Å². The molecule has 3 heteroatoms. The molecule has 17 heavy (non-hydrogen) atoms. The standard InChI is InChI=1S/C14H23NO2/c1-10-5-11(2)7-12(6-10)15-8-13-3-4-14(9-16)17-13/h3-4,10-12,15-16H,5-9H2,1-2H3. The number of hydrogen-bond acceptors (Lipinski definition) is 3. The first-order valence-electron chi connectivity index (χ1n) is 6.59. The van der Waals surface area contributed by atoms with E-state index in [0.29, 0.717) is 11.8 Å². The molecule has 0 saturated heterocycles. The van der Waals surface area contributed by atoms with E-state index in [1.54, 1.807) is 0 Å². The van der Waals surface area contributed by atoms with Crippen LogP contribution in [0.15, 0.2) is 16.5 Å². The van der Waals surface area contributed by atoms with E-state index in [9.17, 15) is 0 Å². The first kappa shape index (κ1) is 12.7. The number of aliphatic hydroxyl groups is 1. The van der Waals surface area contributed by atoms with Gasteiger partial charge in [0.15, 0.2) is 0 Å². The van der Waals surface area contributed by atoms with Crippen molar-refractivity contribution >= 4 is 0 Å². The van der Waals surface area contributed by atoms with Gasteiger partial charge in [0.2, 0.25) is 0 Å². The van der Waals surface area contributed by atoms with Crippen molar-refractivity contribution in [1.29, 1.82) is 0 Å². The first-order valence-corrected chi connectivity index (χ1v) is 6.59. The van der Waals surface area contributed by atoms with Gasteiger partial charge in [-0.1, -0.05) is 13.8 Å². The van der Waals surface area contributed by atoms with Gasteiger partial charge in [-0.25, -0.2) is 0 Å². The summed E-state index contributed by atoms with van der Waals surface area (Å²) in [5.41, 5.74) is 0. The molecule has 96 valence electrons. The van der Waals surface area contributed by atoms with Gasteiger partial charge in [-0.2, -0.15) is 0 Å². The molecule has 1 heterocycles. The summed E-state index contributed by atoms with van der Waals surface area (Å²) in [6.07, 6.45) is 3.88. The first-order chi connectivity index (χ1) is 8.17. The number of rotatable bonds is 4. The predicted octanol–water partition coefficient (Wildman–Crippen LogP) is 2.69. The maximum absolute atomic E-state index is 8.92. The monoisotopic (exact) mass is 237 g/mol. The number of aliphatic hydroxyl groups excluding tert-OH is 1. The molecule has 1 aliphatic carbocycles. The molecule has 0 aromatic carbocycles. The van der Waals surface area contributed by atoms with Crippen molar-refractivity contribution in [2.45, 2.75) is 52.3 Å². The Balaban J connectivity index is 1.81. The quantitative estimate of drug-likeness (QED) is 0.846. The van der Waals surface area contributed by atoms with Gasteiger partial charge in [0.05, 0.1) is 6.54 Å². The van der Waals surface area contributed by atoms with Crippen LogP contribution >= 0.6 is 0 Å². The summed E-state index contributed by atoms with van der Waals surface area (Å²) >= 11 is 0. The molecule has 2 rings (SSSR count). The molecule has 0 bridgehead atoms. The van der Waals surface area contributed by atoms with Gasteiger partial charge in [-0.15, -0.1) is 0 Å². The van der Waals surface area contributed by atoms with E-state index in [1.165, 1.54) is 19.3 Å². The molecule has 0 radical (unpaired) electrons. The van der Waals surface area contributed by atoms with Crippen LogP contribution in [0, 0.1) is 11.8 Å². The van der Waals surface area contributed by atoms with Gasteiger partial charge in [0.25, 0.3) is 0 Å². The number of nitrogens with one attached hydrogen (secondary N) is 1. The van der Waals surface area contributed by atoms with Crippen LogP contribution in [0.3, 0.4) is 0 Å². The zero-order valence-corrected chi connectivity index (χ0v) is 10.8. The van der Waals surface area contributed by atoms with Crippen LogP contribution < -0.4 is 5.32 Å². The Morgan fingerprint density at radius 3 is 2.41 bits per heavy atom. The van der Waals surface area contributed by atoms with Crippen molar-refractivity contribution < 1.29 is 9.52 Å². The van der Waals surface area contributed by atoms with Crippen molar-refractivity contribution in [3.05, 3.63) is 23.7 Å². The molecule has 3 nitrogen and oxygen atoms in total. The van der Waals surface area contributed by atoms with Crippen molar-refractivity contribution in [3.8, 4) is 0 Å². The number of hydrogen-bond donors (Lipinski definition) is 2. The van der Waals surface area contributed by atoms with E-state index in [0.717, 1.165) is 24.1 Å². The van der Waals surface area contributed by atoms with Crippen LogP contribution in [0.1, 0.15) is 44.6 Å². The third-order valence-corrected chi connectivity index (χ3v) is 3.62. The van der Waals surface area contributed by atoms with Gasteiger partial charge in [0.1, 0.15) is 18.1 Å². The second-order valence-corrected chi connectivity index (χ2v) is 5.52. The molecule has 1 fully saturated rings. The topological polar surface area (TPSA) is 45.4 Å². The van der Waals surface area contributed by atoms with Gasteiger partial charge in [0, 0.05) is 6.04 Å². The second-order valence-electron chi connectivity index (χ2n) is 5.52. The highest BCUT2D eigenvalue weighted by molar-refractivity contribution is 5.06. The van der Waals surface area contributed by atoms with Gasteiger partial charge >= 0.3 is 0 Å². The Kier molecular flexibility index (Phi) is 4.24. The molecular formula is C14H23NO2. The van der Waals surface area contributed by atoms with E-state index < -0.39 is 0 Å². The van der Waals surface area contributed by atoms with Crippen LogP contribution in [0.2, 0.25) is 0 Å². The minimum Gasteiger partial charge on any atom is -0.462 e. The fourth-order valence-electron chi connectivity index (χ4n) is 2.96. The average Bonchev–Trinajstić information content (AvgIpc) is 2.73. The van der Waals surface area contributed by atoms with Crippen LogP contribution in [0.25, 0.3) is 0 Å². The van der Waals surface area contributed by atoms with Crippen molar-refractivity contribution in [3.63, 3.8) is 0 Å². The summed E-state index contributed by atoms with van der Waals surface area (Å²) < 4.78 is 5.47. The lowest BCUT2D eigenvalue weighted by molar-refractivity contribution is 0.227. The summed E-state index contributed by atoms with van der Waals surface area (Å²) in [5.74, 6) is 3.20. The average molecular weight is 237 g/mol. The Morgan fingerprint density at radius 2 is 1.82 bits per heavy atom. The fraction of sp³-hybridized carbons (Fsp3) is 0.714. The Morgan fingerprint density at radius 1 is 1.18 bits per heavy atom. The molecule has 0 aliphatic heterocycles. The lowest BCUT2D eigenvalue weighted by Gasteiger charge is -2.31. The second kappa shape index (κ2) is 5.69. The van der Waals surface area contributed by atoms with E-state index >= 15 is 0 Å². The normalized spacial score (nSPS) is 29.5. The highest BCUT2D eigenvalue weighted by atomic mass is 16.4. The molecular weight excluding hydrogens is 214 g/mol. The van der Waals surface area contributed by atoms with Crippen molar-refractivity contribution in [1.82, 2.24) is 5.32 Å². The van der Waals surface area contributed by atoms with E-state index in [2.05, 4.69) is 19.2 Å². The number of furan rings is 1. The fourth-order valence-corrected chi connectivity index (χ4v) is 2.96. The molecule has 2 N–H and O–H groups in total. The van der Waals surface area contributed by atoms with E-state index in [-0.39, 0.29) is 6.61 Å². The molecule has 1 aromatic rings. The molecule has 2 unspecified atom stereocenters. The SMILES string of the molecule is CC1CC(C)CC(NCc2ccc(CO)o2)C1. The molecule has 1 aromatic heterocycles. The van der Waals surface area contributed by atoms with Crippen LogP contribution in [0.4, 0.5) is 0 Å². The van der Waals surface area contributed by atoms with Crippen LogP contribution in [-0.2, 0) is 13.2 Å². The highest BCUT2D eigenvalue weighted by Crippen LogP contribution is 2.28. The predicted molar refractivity (Wildman–Crippen MR) is 67.4 cm³/mol. The maximum Gasteiger partial charge on any atom is 0.129 e. The smallest absolute Gasteiger partial charge is 0.129 e. The summed E-state index contributed by atoms with van der Waals surface area (Å²) in [6, 6.07) is 4.38. The molecule has 2 atom stereocenters. The van der Waals surface area contributed by atoms with Crippen molar-refractivity contribution in [2.24, 2.45) is 11.8 Å². The summed E-state index contributed by atoms with van der Waals surface area (Å²) in [6.45, 7) is 5.42. The third-order valence-electron chi connectivity index (χ3n) is 3.62. The maximum atomic E-state index is 8.92. The lowest BCUT2D eigenvalue weighted by Crippen LogP contribution is -2.35. The van der Waals surface area contributed by atoms with E-state index in [1.807, 2.05) is 12.1 Å². The zero-order valence-electron chi connectivity index (χ0n) is 10.8.